The van der Waals surface area contributed by atoms with Crippen molar-refractivity contribution in [3.05, 3.63) is 17.0 Å². The first-order chi connectivity index (χ1) is 7.70. The Hall–Kier alpha value is -1.36. The van der Waals surface area contributed by atoms with E-state index >= 15 is 0 Å². The van der Waals surface area contributed by atoms with Gasteiger partial charge in [-0.25, -0.2) is 0 Å². The Labute approximate surface area is 97.5 Å². The zero-order chi connectivity index (χ0) is 11.5. The second-order valence-corrected chi connectivity index (χ2v) is 5.01. The molecule has 0 spiro atoms. The minimum atomic E-state index is -0.725. The summed E-state index contributed by atoms with van der Waals surface area (Å²) in [5.41, 5.74) is 0. The molecule has 5 heteroatoms. The molecule has 1 unspecified atom stereocenters. The number of carbonyl (C=O) groups excluding carboxylic acids is 1. The Bertz CT molecular complexity index is 402. The third-order valence-corrected chi connectivity index (χ3v) is 3.88. The average molecular weight is 239 g/mol. The van der Waals surface area contributed by atoms with Gasteiger partial charge in [0, 0.05) is 13.1 Å². The van der Waals surface area contributed by atoms with Gasteiger partial charge < -0.3 is 10.0 Å². The first kappa shape index (κ1) is 11.1. The second kappa shape index (κ2) is 4.65. The van der Waals surface area contributed by atoms with E-state index in [0.717, 1.165) is 30.7 Å². The van der Waals surface area contributed by atoms with Crippen LogP contribution in [0.4, 0.5) is 5.00 Å². The van der Waals surface area contributed by atoms with Crippen molar-refractivity contribution < 1.29 is 14.7 Å². The summed E-state index contributed by atoms with van der Waals surface area (Å²) in [6, 6.07) is 3.66. The van der Waals surface area contributed by atoms with Crippen LogP contribution in [0.3, 0.4) is 0 Å². The maximum atomic E-state index is 10.9. The summed E-state index contributed by atoms with van der Waals surface area (Å²) in [6.07, 6.45) is 2.47. The lowest BCUT2D eigenvalue weighted by Crippen LogP contribution is -2.38. The van der Waals surface area contributed by atoms with Gasteiger partial charge in [0.2, 0.25) is 0 Å². The van der Waals surface area contributed by atoms with Crippen LogP contribution in [0, 0.1) is 5.92 Å². The number of rotatable bonds is 3. The summed E-state index contributed by atoms with van der Waals surface area (Å²) < 4.78 is 0. The van der Waals surface area contributed by atoms with Crippen LogP contribution in [0.2, 0.25) is 0 Å². The quantitative estimate of drug-likeness (QED) is 0.818. The van der Waals surface area contributed by atoms with Crippen molar-refractivity contribution in [3.8, 4) is 0 Å². The van der Waals surface area contributed by atoms with E-state index in [2.05, 4.69) is 4.90 Å². The molecule has 2 heterocycles. The van der Waals surface area contributed by atoms with Crippen molar-refractivity contribution in [2.45, 2.75) is 12.8 Å². The summed E-state index contributed by atoms with van der Waals surface area (Å²) in [5.74, 6) is -1.01. The molecule has 16 heavy (non-hydrogen) atoms. The smallest absolute Gasteiger partial charge is 0.308 e. The zero-order valence-electron chi connectivity index (χ0n) is 8.76. The first-order valence-corrected chi connectivity index (χ1v) is 6.05. The SMILES string of the molecule is O=Cc1ccc(N2CCCC(C(=O)O)C2)s1. The molecule has 0 aliphatic carbocycles. The fraction of sp³-hybridized carbons (Fsp3) is 0.455. The summed E-state index contributed by atoms with van der Waals surface area (Å²) in [5, 5.41) is 9.97. The largest absolute Gasteiger partial charge is 0.481 e. The van der Waals surface area contributed by atoms with Gasteiger partial charge in [0.05, 0.1) is 15.8 Å². The van der Waals surface area contributed by atoms with Gasteiger partial charge >= 0.3 is 5.97 Å². The molecule has 0 bridgehead atoms. The highest BCUT2D eigenvalue weighted by Gasteiger charge is 2.26. The highest BCUT2D eigenvalue weighted by molar-refractivity contribution is 7.17. The number of carboxylic acid groups (broad SMARTS) is 1. The van der Waals surface area contributed by atoms with Crippen molar-refractivity contribution in [2.24, 2.45) is 5.92 Å². The number of hydrogen-bond donors (Lipinski definition) is 1. The summed E-state index contributed by atoms with van der Waals surface area (Å²) in [6.45, 7) is 1.43. The Morgan fingerprint density at radius 2 is 2.38 bits per heavy atom. The Morgan fingerprint density at radius 1 is 1.56 bits per heavy atom. The highest BCUT2D eigenvalue weighted by Crippen LogP contribution is 2.29. The van der Waals surface area contributed by atoms with Crippen LogP contribution in [-0.4, -0.2) is 30.5 Å². The molecule has 86 valence electrons. The van der Waals surface area contributed by atoms with Crippen molar-refractivity contribution in [1.29, 1.82) is 0 Å². The van der Waals surface area contributed by atoms with Crippen LogP contribution in [0.25, 0.3) is 0 Å². The molecule has 0 radical (unpaired) electrons. The molecule has 2 rings (SSSR count). The summed E-state index contributed by atoms with van der Waals surface area (Å²) in [4.78, 5) is 24.2. The zero-order valence-corrected chi connectivity index (χ0v) is 9.57. The fourth-order valence-electron chi connectivity index (χ4n) is 1.95. The molecule has 1 aromatic heterocycles. The van der Waals surface area contributed by atoms with E-state index in [1.165, 1.54) is 11.3 Å². The molecule has 0 amide bonds. The van der Waals surface area contributed by atoms with Crippen molar-refractivity contribution in [2.75, 3.05) is 18.0 Å². The minimum absolute atomic E-state index is 0.282. The maximum Gasteiger partial charge on any atom is 0.308 e. The molecule has 1 atom stereocenters. The van der Waals surface area contributed by atoms with Crippen LogP contribution in [-0.2, 0) is 4.79 Å². The van der Waals surface area contributed by atoms with Gasteiger partial charge in [0.1, 0.15) is 0 Å². The van der Waals surface area contributed by atoms with Gasteiger partial charge in [-0.05, 0) is 25.0 Å². The molecule has 1 saturated heterocycles. The second-order valence-electron chi connectivity index (χ2n) is 3.92. The molecule has 4 nitrogen and oxygen atoms in total. The normalized spacial score (nSPS) is 20.8. The molecule has 1 fully saturated rings. The average Bonchev–Trinajstić information content (AvgIpc) is 2.77. The van der Waals surface area contributed by atoms with Gasteiger partial charge in [0.25, 0.3) is 0 Å². The van der Waals surface area contributed by atoms with E-state index in [1.54, 1.807) is 6.07 Å². The Kier molecular flexibility index (Phi) is 3.24. The predicted molar refractivity (Wildman–Crippen MR) is 62.3 cm³/mol. The van der Waals surface area contributed by atoms with E-state index in [9.17, 15) is 9.59 Å². The number of carboxylic acids is 1. The standard InChI is InChI=1S/C11H13NO3S/c13-7-9-3-4-10(16-9)12-5-1-2-8(6-12)11(14)15/h3-4,7-8H,1-2,5-6H2,(H,14,15). The number of piperidine rings is 1. The number of thiophene rings is 1. The van der Waals surface area contributed by atoms with E-state index in [0.29, 0.717) is 11.4 Å². The number of hydrogen-bond acceptors (Lipinski definition) is 4. The minimum Gasteiger partial charge on any atom is -0.481 e. The molecular formula is C11H13NO3S. The molecule has 1 aromatic rings. The van der Waals surface area contributed by atoms with Crippen LogP contribution in [0.1, 0.15) is 22.5 Å². The lowest BCUT2D eigenvalue weighted by atomic mass is 9.99. The molecular weight excluding hydrogens is 226 g/mol. The topological polar surface area (TPSA) is 57.6 Å². The Morgan fingerprint density at radius 3 is 3.00 bits per heavy atom. The molecule has 1 aliphatic rings. The monoisotopic (exact) mass is 239 g/mol. The fourth-order valence-corrected chi connectivity index (χ4v) is 2.81. The van der Waals surface area contributed by atoms with Crippen LogP contribution in [0.5, 0.6) is 0 Å². The van der Waals surface area contributed by atoms with Crippen LogP contribution >= 0.6 is 11.3 Å². The lowest BCUT2D eigenvalue weighted by Gasteiger charge is -2.31. The van der Waals surface area contributed by atoms with E-state index < -0.39 is 5.97 Å². The lowest BCUT2D eigenvalue weighted by molar-refractivity contribution is -0.141. The van der Waals surface area contributed by atoms with Gasteiger partial charge in [-0.2, -0.15) is 0 Å². The number of carbonyl (C=O) groups is 2. The summed E-state index contributed by atoms with van der Waals surface area (Å²) >= 11 is 1.42. The Balaban J connectivity index is 2.09. The van der Waals surface area contributed by atoms with Crippen LogP contribution in [0.15, 0.2) is 12.1 Å². The van der Waals surface area contributed by atoms with E-state index in [4.69, 9.17) is 5.11 Å². The highest BCUT2D eigenvalue weighted by atomic mass is 32.1. The predicted octanol–water partition coefficient (Wildman–Crippen LogP) is 1.86. The van der Waals surface area contributed by atoms with E-state index in [1.807, 2.05) is 6.07 Å². The van der Waals surface area contributed by atoms with Gasteiger partial charge in [0.15, 0.2) is 6.29 Å². The third-order valence-electron chi connectivity index (χ3n) is 2.81. The van der Waals surface area contributed by atoms with Crippen LogP contribution < -0.4 is 4.90 Å². The van der Waals surface area contributed by atoms with Gasteiger partial charge in [-0.15, -0.1) is 11.3 Å². The number of anilines is 1. The number of aldehydes is 1. The molecule has 0 saturated carbocycles. The van der Waals surface area contributed by atoms with E-state index in [-0.39, 0.29) is 5.92 Å². The third kappa shape index (κ3) is 2.24. The maximum absolute atomic E-state index is 10.9. The first-order valence-electron chi connectivity index (χ1n) is 5.23. The molecule has 1 N–H and O–H groups in total. The van der Waals surface area contributed by atoms with Crippen molar-refractivity contribution in [3.63, 3.8) is 0 Å². The molecule has 0 aromatic carbocycles. The van der Waals surface area contributed by atoms with Gasteiger partial charge in [-0.1, -0.05) is 0 Å². The number of aliphatic carboxylic acids is 1. The number of nitrogens with zero attached hydrogens (tertiary/aromatic N) is 1. The van der Waals surface area contributed by atoms with Crippen molar-refractivity contribution >= 4 is 28.6 Å². The molecule has 1 aliphatic heterocycles. The van der Waals surface area contributed by atoms with Gasteiger partial charge in [-0.3, -0.25) is 9.59 Å². The summed E-state index contributed by atoms with van der Waals surface area (Å²) in [7, 11) is 0. The van der Waals surface area contributed by atoms with Crippen molar-refractivity contribution in [1.82, 2.24) is 0 Å².